The second kappa shape index (κ2) is 13.5. The summed E-state index contributed by atoms with van der Waals surface area (Å²) in [5.41, 5.74) is 5.39. The van der Waals surface area contributed by atoms with Crippen LogP contribution < -0.4 is 0 Å². The number of nitrogens with zero attached hydrogens (tertiary/aromatic N) is 4. The number of rotatable bonds is 9. The van der Waals surface area contributed by atoms with Gasteiger partial charge in [-0.15, -0.1) is 0 Å². The second-order valence-electron chi connectivity index (χ2n) is 12.3. The number of alkyl halides is 3. The van der Waals surface area contributed by atoms with Crippen molar-refractivity contribution in [2.75, 3.05) is 33.7 Å². The number of hydrogen-bond acceptors (Lipinski definition) is 6. The Hall–Kier alpha value is -4.74. The summed E-state index contributed by atoms with van der Waals surface area (Å²) in [5, 5.41) is 8.86. The fourth-order valence-corrected chi connectivity index (χ4v) is 6.33. The molecule has 1 N–H and O–H groups in total. The van der Waals surface area contributed by atoms with Gasteiger partial charge in [-0.1, -0.05) is 66.7 Å². The first kappa shape index (κ1) is 32.2. The molecule has 0 aliphatic carbocycles. The number of hydroxylamine groups is 2. The molecule has 8 nitrogen and oxygen atoms in total. The molecule has 0 saturated carbocycles. The minimum atomic E-state index is -5.22. The molecule has 3 heterocycles. The Bertz CT molecular complexity index is 1800. The van der Waals surface area contributed by atoms with E-state index in [4.69, 9.17) is 0 Å². The number of carbonyl (C=O) groups excluding carboxylic acids is 2. The van der Waals surface area contributed by atoms with Gasteiger partial charge in [0.2, 0.25) is 0 Å². The number of halogens is 3. The van der Waals surface area contributed by atoms with Crippen molar-refractivity contribution < 1.29 is 27.6 Å². The Balaban J connectivity index is 1.17. The SMILES string of the molecule is CN(C)C[C@H]1CCCN1Cc1ccc(/C=C/c2n[nH]c3cc(/C=C4/C(=O)N(OC(=O)C(F)(F)F)CC4c4ccccc4)ccc23)cc1. The first-order valence-corrected chi connectivity index (χ1v) is 15.6. The van der Waals surface area contributed by atoms with Crippen molar-refractivity contribution in [2.45, 2.75) is 37.5 Å². The number of likely N-dealkylation sites (N-methyl/N-ethyl adjacent to an activating group) is 1. The molecule has 1 aromatic heterocycles. The maximum atomic E-state index is 13.2. The minimum absolute atomic E-state index is 0.214. The number of fused-ring (bicyclic) bond motifs is 1. The summed E-state index contributed by atoms with van der Waals surface area (Å²) in [6.45, 7) is 2.92. The van der Waals surface area contributed by atoms with Crippen LogP contribution in [-0.2, 0) is 21.0 Å². The average Bonchev–Trinajstić information content (AvgIpc) is 3.74. The number of amides is 1. The molecule has 244 valence electrons. The molecule has 2 aliphatic rings. The molecular weight excluding hydrogens is 607 g/mol. The van der Waals surface area contributed by atoms with Gasteiger partial charge < -0.3 is 9.74 Å². The topological polar surface area (TPSA) is 81.8 Å². The fourth-order valence-electron chi connectivity index (χ4n) is 6.33. The maximum absolute atomic E-state index is 13.2. The van der Waals surface area contributed by atoms with Crippen LogP contribution in [0.25, 0.3) is 29.1 Å². The molecule has 0 radical (unpaired) electrons. The third-order valence-corrected chi connectivity index (χ3v) is 8.64. The Morgan fingerprint density at radius 1 is 1.04 bits per heavy atom. The van der Waals surface area contributed by atoms with Gasteiger partial charge >= 0.3 is 12.1 Å². The molecule has 2 aliphatic heterocycles. The van der Waals surface area contributed by atoms with Crippen molar-refractivity contribution in [1.29, 1.82) is 0 Å². The molecule has 2 fully saturated rings. The number of H-pyrrole nitrogens is 1. The Kier molecular flexibility index (Phi) is 9.28. The highest BCUT2D eigenvalue weighted by atomic mass is 19.4. The van der Waals surface area contributed by atoms with Crippen LogP contribution in [0.5, 0.6) is 0 Å². The van der Waals surface area contributed by atoms with Gasteiger partial charge in [-0.05, 0) is 80.0 Å². The van der Waals surface area contributed by atoms with Gasteiger partial charge in [0.15, 0.2) is 0 Å². The van der Waals surface area contributed by atoms with Crippen molar-refractivity contribution in [3.05, 3.63) is 106 Å². The highest BCUT2D eigenvalue weighted by molar-refractivity contribution is 6.02. The van der Waals surface area contributed by atoms with Crippen LogP contribution in [0.4, 0.5) is 13.2 Å². The second-order valence-corrected chi connectivity index (χ2v) is 12.3. The van der Waals surface area contributed by atoms with Crippen molar-refractivity contribution in [1.82, 2.24) is 25.1 Å². The van der Waals surface area contributed by atoms with E-state index in [-0.39, 0.29) is 12.1 Å². The van der Waals surface area contributed by atoms with Crippen molar-refractivity contribution in [2.24, 2.45) is 0 Å². The average molecular weight is 644 g/mol. The predicted octanol–water partition coefficient (Wildman–Crippen LogP) is 6.29. The number of carbonyl (C=O) groups is 2. The van der Waals surface area contributed by atoms with Gasteiger partial charge in [-0.2, -0.15) is 23.3 Å². The zero-order valence-electron chi connectivity index (χ0n) is 26.2. The van der Waals surface area contributed by atoms with Crippen LogP contribution in [0.3, 0.4) is 0 Å². The number of nitrogens with one attached hydrogen (secondary N) is 1. The summed E-state index contributed by atoms with van der Waals surface area (Å²) >= 11 is 0. The van der Waals surface area contributed by atoms with Crippen LogP contribution in [0, 0.1) is 0 Å². The lowest BCUT2D eigenvalue weighted by molar-refractivity contribution is -0.233. The molecule has 47 heavy (non-hydrogen) atoms. The van der Waals surface area contributed by atoms with E-state index in [0.29, 0.717) is 22.2 Å². The fraction of sp³-hybridized carbons (Fsp3) is 0.306. The highest BCUT2D eigenvalue weighted by Crippen LogP contribution is 2.36. The van der Waals surface area contributed by atoms with E-state index in [2.05, 4.69) is 63.2 Å². The van der Waals surface area contributed by atoms with E-state index < -0.39 is 24.0 Å². The molecule has 1 amide bonds. The number of aromatic nitrogens is 2. The first-order valence-electron chi connectivity index (χ1n) is 15.6. The lowest BCUT2D eigenvalue weighted by Crippen LogP contribution is -2.37. The van der Waals surface area contributed by atoms with Crippen LogP contribution in [0.2, 0.25) is 0 Å². The van der Waals surface area contributed by atoms with Gasteiger partial charge in [0.1, 0.15) is 0 Å². The van der Waals surface area contributed by atoms with E-state index in [1.54, 1.807) is 36.4 Å². The molecule has 2 atom stereocenters. The van der Waals surface area contributed by atoms with Gasteiger partial charge in [0.25, 0.3) is 5.91 Å². The smallest absolute Gasteiger partial charge is 0.329 e. The Morgan fingerprint density at radius 2 is 1.79 bits per heavy atom. The summed E-state index contributed by atoms with van der Waals surface area (Å²) in [4.78, 5) is 34.0. The summed E-state index contributed by atoms with van der Waals surface area (Å²) in [6.07, 6.45) is 2.83. The molecule has 2 saturated heterocycles. The third-order valence-electron chi connectivity index (χ3n) is 8.64. The van der Waals surface area contributed by atoms with E-state index in [9.17, 15) is 22.8 Å². The molecule has 1 unspecified atom stereocenters. The Morgan fingerprint density at radius 3 is 2.51 bits per heavy atom. The molecule has 0 bridgehead atoms. The number of aromatic amines is 1. The van der Waals surface area contributed by atoms with E-state index in [0.717, 1.165) is 41.8 Å². The molecular formula is C36H36F3N5O3. The van der Waals surface area contributed by atoms with Crippen molar-refractivity contribution in [3.8, 4) is 0 Å². The normalized spacial score (nSPS) is 20.0. The maximum Gasteiger partial charge on any atom is 0.493 e. The van der Waals surface area contributed by atoms with Gasteiger partial charge in [0, 0.05) is 36.0 Å². The quantitative estimate of drug-likeness (QED) is 0.216. The summed E-state index contributed by atoms with van der Waals surface area (Å²) < 4.78 is 38.6. The van der Waals surface area contributed by atoms with Crippen molar-refractivity contribution >= 4 is 41.0 Å². The number of benzene rings is 3. The summed E-state index contributed by atoms with van der Waals surface area (Å²) in [5.74, 6) is -3.84. The molecule has 3 aromatic carbocycles. The molecule has 11 heteroatoms. The van der Waals surface area contributed by atoms with Gasteiger partial charge in [-0.3, -0.25) is 14.8 Å². The summed E-state index contributed by atoms with van der Waals surface area (Å²) in [7, 11) is 4.25. The first-order chi connectivity index (χ1) is 22.5. The number of likely N-dealkylation sites (tertiary alicyclic amines) is 1. The van der Waals surface area contributed by atoms with Crippen LogP contribution in [0.15, 0.2) is 78.4 Å². The van der Waals surface area contributed by atoms with E-state index in [1.807, 2.05) is 30.4 Å². The largest absolute Gasteiger partial charge is 0.493 e. The van der Waals surface area contributed by atoms with Crippen LogP contribution in [0.1, 0.15) is 46.7 Å². The monoisotopic (exact) mass is 643 g/mol. The van der Waals surface area contributed by atoms with E-state index >= 15 is 0 Å². The van der Waals surface area contributed by atoms with Crippen molar-refractivity contribution in [3.63, 3.8) is 0 Å². The van der Waals surface area contributed by atoms with Crippen LogP contribution >= 0.6 is 0 Å². The molecule has 6 rings (SSSR count). The molecule has 0 spiro atoms. The predicted molar refractivity (Wildman–Crippen MR) is 174 cm³/mol. The highest BCUT2D eigenvalue weighted by Gasteiger charge is 2.46. The minimum Gasteiger partial charge on any atom is -0.329 e. The lowest BCUT2D eigenvalue weighted by Gasteiger charge is -2.27. The van der Waals surface area contributed by atoms with Gasteiger partial charge in [-0.25, -0.2) is 4.79 Å². The molecule has 4 aromatic rings. The van der Waals surface area contributed by atoms with E-state index in [1.165, 1.54) is 18.4 Å². The lowest BCUT2D eigenvalue weighted by atomic mass is 9.92. The third kappa shape index (κ3) is 7.47. The number of hydrogen-bond donors (Lipinski definition) is 1. The Labute approximate surface area is 271 Å². The summed E-state index contributed by atoms with van der Waals surface area (Å²) in [6, 6.07) is 23.6. The zero-order chi connectivity index (χ0) is 33.1. The zero-order valence-corrected chi connectivity index (χ0v) is 26.2. The standard InChI is InChI=1S/C36H36F3N5O3/c1-42(2)22-28-9-6-18-43(28)21-25-12-10-24(11-13-25)15-17-32-29-16-14-26(20-33(29)41-40-32)19-30-31(27-7-4-3-5-8-27)23-44(34(30)45)47-35(46)36(37,38)39/h3-5,7-8,10-17,19-20,28,31H,6,9,18,21-23H2,1-2H3,(H,40,41)/b17-15+,30-19+/t28-,31?/m1/s1. The van der Waals surface area contributed by atoms with Gasteiger partial charge in [0.05, 0.1) is 17.8 Å². The van der Waals surface area contributed by atoms with Crippen LogP contribution in [-0.4, -0.2) is 82.9 Å².